The minimum Gasteiger partial charge on any atom is -0.398 e. The number of rotatable bonds is 3. The van der Waals surface area contributed by atoms with Crippen molar-refractivity contribution in [1.29, 1.82) is 0 Å². The highest BCUT2D eigenvalue weighted by atomic mass is 14.9. The van der Waals surface area contributed by atoms with Crippen molar-refractivity contribution in [1.82, 2.24) is 0 Å². The molecule has 2 aromatic carbocycles. The van der Waals surface area contributed by atoms with Gasteiger partial charge in [-0.05, 0) is 23.1 Å². The van der Waals surface area contributed by atoms with Crippen LogP contribution in [0.2, 0.25) is 0 Å². The van der Waals surface area contributed by atoms with Crippen LogP contribution in [0.3, 0.4) is 0 Å². The molecule has 0 saturated carbocycles. The molecule has 110 valence electrons. The van der Waals surface area contributed by atoms with Crippen LogP contribution < -0.4 is 11.5 Å². The third-order valence-corrected chi connectivity index (χ3v) is 3.98. The Hall–Kier alpha value is -2.81. The molecule has 1 aliphatic rings. The Bertz CT molecular complexity index is 757. The smallest absolute Gasteiger partial charge is 0.116 e. The summed E-state index contributed by atoms with van der Waals surface area (Å²) in [7, 11) is 0. The lowest BCUT2D eigenvalue weighted by atomic mass is 9.78. The van der Waals surface area contributed by atoms with Gasteiger partial charge < -0.3 is 11.5 Å². The van der Waals surface area contributed by atoms with Gasteiger partial charge >= 0.3 is 0 Å². The number of allylic oxidation sites excluding steroid dienone is 1. The Labute approximate surface area is 130 Å². The Kier molecular flexibility index (Phi) is 3.79. The van der Waals surface area contributed by atoms with E-state index in [1.807, 2.05) is 12.1 Å². The summed E-state index contributed by atoms with van der Waals surface area (Å²) in [5, 5.41) is 0. The Balaban J connectivity index is 2.10. The van der Waals surface area contributed by atoms with Gasteiger partial charge in [0.15, 0.2) is 0 Å². The van der Waals surface area contributed by atoms with E-state index < -0.39 is 0 Å². The minimum atomic E-state index is 0.275. The van der Waals surface area contributed by atoms with Crippen LogP contribution in [0.25, 0.3) is 5.70 Å². The molecule has 3 heteroatoms. The van der Waals surface area contributed by atoms with E-state index in [-0.39, 0.29) is 11.7 Å². The Morgan fingerprint density at radius 1 is 1.09 bits per heavy atom. The number of benzene rings is 2. The highest BCUT2D eigenvalue weighted by molar-refractivity contribution is 5.92. The summed E-state index contributed by atoms with van der Waals surface area (Å²) in [5.74, 6) is 0.563. The third-order valence-electron chi connectivity index (χ3n) is 3.98. The number of aliphatic imine (C=N–C) groups is 1. The predicted molar refractivity (Wildman–Crippen MR) is 92.3 cm³/mol. The van der Waals surface area contributed by atoms with Crippen LogP contribution in [-0.2, 0) is 0 Å². The summed E-state index contributed by atoms with van der Waals surface area (Å²) in [6, 6.07) is 18.7. The van der Waals surface area contributed by atoms with Crippen molar-refractivity contribution in [2.24, 2.45) is 16.5 Å². The van der Waals surface area contributed by atoms with Crippen molar-refractivity contribution >= 4 is 11.9 Å². The summed E-state index contributed by atoms with van der Waals surface area (Å²) in [6.07, 6.45) is 2.55. The molecule has 0 amide bonds. The van der Waals surface area contributed by atoms with Crippen LogP contribution in [0.4, 0.5) is 0 Å². The maximum Gasteiger partial charge on any atom is 0.116 e. The van der Waals surface area contributed by atoms with Crippen molar-refractivity contribution < 1.29 is 0 Å². The second-order valence-electron chi connectivity index (χ2n) is 5.44. The van der Waals surface area contributed by atoms with Gasteiger partial charge in [-0.2, -0.15) is 0 Å². The molecule has 0 radical (unpaired) electrons. The lowest BCUT2D eigenvalue weighted by Gasteiger charge is -2.27. The summed E-state index contributed by atoms with van der Waals surface area (Å²) in [5.41, 5.74) is 17.3. The molecule has 0 spiro atoms. The van der Waals surface area contributed by atoms with E-state index in [1.54, 1.807) is 6.21 Å². The predicted octanol–water partition coefficient (Wildman–Crippen LogP) is 3.39. The summed E-state index contributed by atoms with van der Waals surface area (Å²) >= 11 is 0. The molecular formula is C19H19N3. The molecule has 22 heavy (non-hydrogen) atoms. The zero-order valence-corrected chi connectivity index (χ0v) is 12.4. The number of hydrogen-bond donors (Lipinski definition) is 2. The van der Waals surface area contributed by atoms with Crippen molar-refractivity contribution in [3.8, 4) is 0 Å². The van der Waals surface area contributed by atoms with Crippen molar-refractivity contribution in [2.75, 3.05) is 0 Å². The minimum absolute atomic E-state index is 0.275. The molecule has 0 heterocycles. The molecule has 0 aliphatic heterocycles. The van der Waals surface area contributed by atoms with Gasteiger partial charge in [0.25, 0.3) is 0 Å². The molecular weight excluding hydrogens is 270 g/mol. The average molecular weight is 289 g/mol. The Morgan fingerprint density at radius 3 is 2.50 bits per heavy atom. The zero-order valence-electron chi connectivity index (χ0n) is 12.4. The van der Waals surface area contributed by atoms with Gasteiger partial charge in [0.05, 0.1) is 0 Å². The molecule has 1 aliphatic carbocycles. The molecule has 1 atom stereocenters. The van der Waals surface area contributed by atoms with E-state index in [4.69, 9.17) is 11.5 Å². The second kappa shape index (κ2) is 5.90. The molecule has 0 aromatic heterocycles. The first-order valence-electron chi connectivity index (χ1n) is 7.28. The number of hydrogen-bond acceptors (Lipinski definition) is 3. The maximum atomic E-state index is 6.34. The first kappa shape index (κ1) is 14.1. The molecule has 0 bridgehead atoms. The largest absolute Gasteiger partial charge is 0.398 e. The molecule has 3 nitrogen and oxygen atoms in total. The third kappa shape index (κ3) is 2.66. The van der Waals surface area contributed by atoms with Gasteiger partial charge in [0, 0.05) is 23.4 Å². The van der Waals surface area contributed by atoms with Gasteiger partial charge in [-0.1, -0.05) is 61.2 Å². The normalized spacial score (nSPS) is 17.5. The quantitative estimate of drug-likeness (QED) is 0.851. The van der Waals surface area contributed by atoms with Crippen LogP contribution in [0.15, 0.2) is 77.6 Å². The average Bonchev–Trinajstić information content (AvgIpc) is 2.55. The lowest BCUT2D eigenvalue weighted by Crippen LogP contribution is -2.17. The van der Waals surface area contributed by atoms with E-state index in [0.717, 1.165) is 23.3 Å². The van der Waals surface area contributed by atoms with Gasteiger partial charge in [0.2, 0.25) is 0 Å². The highest BCUT2D eigenvalue weighted by Gasteiger charge is 2.25. The fraction of sp³-hybridized carbons (Fsp3) is 0.105. The molecule has 0 fully saturated rings. The topological polar surface area (TPSA) is 64.4 Å². The summed E-state index contributed by atoms with van der Waals surface area (Å²) < 4.78 is 0. The van der Waals surface area contributed by atoms with E-state index >= 15 is 0 Å². The molecule has 3 rings (SSSR count). The van der Waals surface area contributed by atoms with Crippen molar-refractivity contribution in [3.05, 3.63) is 89.3 Å². The Morgan fingerprint density at radius 2 is 1.77 bits per heavy atom. The molecule has 2 aromatic rings. The van der Waals surface area contributed by atoms with Crippen LogP contribution in [0.5, 0.6) is 0 Å². The second-order valence-corrected chi connectivity index (χ2v) is 5.44. The number of fused-ring (bicyclic) bond motifs is 1. The maximum absolute atomic E-state index is 6.34. The highest BCUT2D eigenvalue weighted by Crippen LogP contribution is 2.39. The van der Waals surface area contributed by atoms with Gasteiger partial charge in [-0.15, -0.1) is 0 Å². The number of nitrogens with two attached hydrogens (primary N) is 2. The molecule has 1 unspecified atom stereocenters. The summed E-state index contributed by atoms with van der Waals surface area (Å²) in [4.78, 5) is 4.12. The zero-order chi connectivity index (χ0) is 15.5. The first-order valence-corrected chi connectivity index (χ1v) is 7.28. The monoisotopic (exact) mass is 289 g/mol. The molecule has 0 saturated heterocycles. The molecule has 4 N–H and O–H groups in total. The fourth-order valence-corrected chi connectivity index (χ4v) is 2.92. The lowest BCUT2D eigenvalue weighted by molar-refractivity contribution is 0.799. The van der Waals surface area contributed by atoms with Crippen LogP contribution >= 0.6 is 0 Å². The first-order chi connectivity index (χ1) is 10.7. The van der Waals surface area contributed by atoms with E-state index in [0.29, 0.717) is 0 Å². The van der Waals surface area contributed by atoms with E-state index in [2.05, 4.69) is 54.0 Å². The van der Waals surface area contributed by atoms with Gasteiger partial charge in [0.1, 0.15) is 5.82 Å². The number of nitrogens with zero attached hydrogens (tertiary/aromatic N) is 1. The van der Waals surface area contributed by atoms with Crippen LogP contribution in [0, 0.1) is 0 Å². The van der Waals surface area contributed by atoms with Crippen LogP contribution in [-0.4, -0.2) is 6.21 Å². The van der Waals surface area contributed by atoms with E-state index in [9.17, 15) is 0 Å². The standard InChI is InChI=1S/C19H19N3/c1-13(20)22-12-15-11-18(14-7-3-2-4-8-14)16-9-5-6-10-17(16)19(15)21/h2-10,12,18H,1,11,20-21H2. The fourth-order valence-electron chi connectivity index (χ4n) is 2.92. The SMILES string of the molecule is C=C(N)N=CC1=C(N)c2ccccc2C(c2ccccc2)C1. The van der Waals surface area contributed by atoms with Crippen molar-refractivity contribution in [2.45, 2.75) is 12.3 Å². The van der Waals surface area contributed by atoms with Crippen LogP contribution in [0.1, 0.15) is 29.0 Å². The van der Waals surface area contributed by atoms with Gasteiger partial charge in [-0.3, -0.25) is 0 Å². The van der Waals surface area contributed by atoms with Gasteiger partial charge in [-0.25, -0.2) is 4.99 Å². The van der Waals surface area contributed by atoms with Crippen molar-refractivity contribution in [3.63, 3.8) is 0 Å². The summed E-state index contributed by atoms with van der Waals surface area (Å²) in [6.45, 7) is 3.60. The van der Waals surface area contributed by atoms with E-state index in [1.165, 1.54) is 11.1 Å².